The second-order valence-electron chi connectivity index (χ2n) is 8.61. The maximum atomic E-state index is 13.1. The molecule has 0 atom stereocenters. The third kappa shape index (κ3) is 4.75. The third-order valence-electron chi connectivity index (χ3n) is 5.43. The highest BCUT2D eigenvalue weighted by Crippen LogP contribution is 2.28. The van der Waals surface area contributed by atoms with Gasteiger partial charge in [0.2, 0.25) is 5.91 Å². The van der Waals surface area contributed by atoms with Crippen molar-refractivity contribution in [1.82, 2.24) is 4.90 Å². The Hall–Kier alpha value is -2.09. The van der Waals surface area contributed by atoms with Gasteiger partial charge in [-0.3, -0.25) is 4.79 Å². The summed E-state index contributed by atoms with van der Waals surface area (Å²) >= 11 is 0. The zero-order valence-electron chi connectivity index (χ0n) is 16.4. The normalized spacial score (nSPS) is 15.2. The lowest BCUT2D eigenvalue weighted by atomic mass is 9.86. The van der Waals surface area contributed by atoms with Crippen molar-refractivity contribution in [3.63, 3.8) is 0 Å². The molecule has 1 aliphatic carbocycles. The monoisotopic (exact) mass is 349 g/mol. The second kappa shape index (κ2) is 8.07. The fourth-order valence-corrected chi connectivity index (χ4v) is 3.78. The van der Waals surface area contributed by atoms with Crippen molar-refractivity contribution in [3.8, 4) is 0 Å². The minimum atomic E-state index is 0.155. The highest BCUT2D eigenvalue weighted by atomic mass is 16.2. The van der Waals surface area contributed by atoms with Gasteiger partial charge >= 0.3 is 0 Å². The molecule has 1 saturated carbocycles. The molecule has 3 rings (SSSR count). The van der Waals surface area contributed by atoms with Crippen LogP contribution >= 0.6 is 0 Å². The molecule has 0 N–H and O–H groups in total. The average Bonchev–Trinajstić information content (AvgIpc) is 3.16. The Morgan fingerprint density at radius 1 is 0.885 bits per heavy atom. The molecule has 2 aromatic rings. The second-order valence-corrected chi connectivity index (χ2v) is 8.61. The molecule has 2 nitrogen and oxygen atoms in total. The van der Waals surface area contributed by atoms with E-state index in [0.29, 0.717) is 19.0 Å². The topological polar surface area (TPSA) is 20.3 Å². The molecule has 1 amide bonds. The van der Waals surface area contributed by atoms with E-state index in [1.54, 1.807) is 0 Å². The van der Waals surface area contributed by atoms with Crippen LogP contribution in [0, 0.1) is 5.92 Å². The van der Waals surface area contributed by atoms with Gasteiger partial charge in [0, 0.05) is 19.0 Å². The summed E-state index contributed by atoms with van der Waals surface area (Å²) in [5.41, 5.74) is 3.89. The Morgan fingerprint density at radius 2 is 1.42 bits per heavy atom. The van der Waals surface area contributed by atoms with Gasteiger partial charge in [0.1, 0.15) is 0 Å². The molecule has 1 fully saturated rings. The van der Waals surface area contributed by atoms with Crippen molar-refractivity contribution in [1.29, 1.82) is 0 Å². The smallest absolute Gasteiger partial charge is 0.226 e. The van der Waals surface area contributed by atoms with Crippen LogP contribution in [0.15, 0.2) is 54.6 Å². The first kappa shape index (κ1) is 18.7. The zero-order valence-corrected chi connectivity index (χ0v) is 16.4. The van der Waals surface area contributed by atoms with Crippen LogP contribution < -0.4 is 0 Å². The summed E-state index contributed by atoms with van der Waals surface area (Å²) in [7, 11) is 0. The number of rotatable bonds is 5. The van der Waals surface area contributed by atoms with Crippen molar-refractivity contribution < 1.29 is 4.79 Å². The molecule has 0 unspecified atom stereocenters. The van der Waals surface area contributed by atoms with Gasteiger partial charge in [-0.05, 0) is 34.9 Å². The first-order valence-electron chi connectivity index (χ1n) is 9.85. The van der Waals surface area contributed by atoms with Crippen LogP contribution in [-0.2, 0) is 23.3 Å². The van der Waals surface area contributed by atoms with Gasteiger partial charge in [0.25, 0.3) is 0 Å². The van der Waals surface area contributed by atoms with E-state index < -0.39 is 0 Å². The van der Waals surface area contributed by atoms with Crippen molar-refractivity contribution >= 4 is 5.91 Å². The molecular weight excluding hydrogens is 318 g/mol. The molecule has 0 spiro atoms. The summed E-state index contributed by atoms with van der Waals surface area (Å²) < 4.78 is 0. The summed E-state index contributed by atoms with van der Waals surface area (Å²) in [4.78, 5) is 15.2. The zero-order chi connectivity index (χ0) is 18.6. The Labute approximate surface area is 158 Å². The van der Waals surface area contributed by atoms with E-state index in [2.05, 4.69) is 62.1 Å². The molecule has 0 aliphatic heterocycles. The van der Waals surface area contributed by atoms with E-state index in [1.165, 1.54) is 29.5 Å². The molecule has 0 bridgehead atoms. The van der Waals surface area contributed by atoms with Crippen LogP contribution in [0.2, 0.25) is 0 Å². The molecule has 2 heteroatoms. The number of hydrogen-bond donors (Lipinski definition) is 0. The van der Waals surface area contributed by atoms with E-state index >= 15 is 0 Å². The van der Waals surface area contributed by atoms with Crippen LogP contribution in [0.25, 0.3) is 0 Å². The van der Waals surface area contributed by atoms with E-state index in [1.807, 2.05) is 18.2 Å². The average molecular weight is 350 g/mol. The molecule has 1 aliphatic rings. The van der Waals surface area contributed by atoms with Gasteiger partial charge in [-0.1, -0.05) is 88.2 Å². The molecule has 138 valence electrons. The molecular formula is C24H31NO. The van der Waals surface area contributed by atoms with Crippen LogP contribution in [0.3, 0.4) is 0 Å². The quantitative estimate of drug-likeness (QED) is 0.678. The SMILES string of the molecule is CC(C)(C)c1ccc(CN(Cc2ccccc2)C(=O)C2CCCC2)cc1. The number of amides is 1. The number of hydrogen-bond acceptors (Lipinski definition) is 1. The summed E-state index contributed by atoms with van der Waals surface area (Å²) in [5, 5.41) is 0. The first-order valence-corrected chi connectivity index (χ1v) is 9.85. The summed E-state index contributed by atoms with van der Waals surface area (Å²) in [6.45, 7) is 8.07. The van der Waals surface area contributed by atoms with E-state index in [0.717, 1.165) is 12.8 Å². The van der Waals surface area contributed by atoms with Crippen molar-refractivity contribution in [2.75, 3.05) is 0 Å². The molecule has 0 heterocycles. The van der Waals surface area contributed by atoms with Crippen LogP contribution in [0.5, 0.6) is 0 Å². The molecule has 0 saturated heterocycles. The minimum Gasteiger partial charge on any atom is -0.334 e. The maximum absolute atomic E-state index is 13.1. The lowest BCUT2D eigenvalue weighted by Crippen LogP contribution is -2.34. The van der Waals surface area contributed by atoms with Crippen molar-refractivity contribution in [3.05, 3.63) is 71.3 Å². The van der Waals surface area contributed by atoms with E-state index in [-0.39, 0.29) is 11.3 Å². The lowest BCUT2D eigenvalue weighted by Gasteiger charge is -2.26. The van der Waals surface area contributed by atoms with Gasteiger partial charge in [-0.25, -0.2) is 0 Å². The Kier molecular flexibility index (Phi) is 5.80. The molecule has 0 aromatic heterocycles. The maximum Gasteiger partial charge on any atom is 0.226 e. The molecule has 2 aromatic carbocycles. The highest BCUT2D eigenvalue weighted by Gasteiger charge is 2.27. The highest BCUT2D eigenvalue weighted by molar-refractivity contribution is 5.79. The van der Waals surface area contributed by atoms with Crippen LogP contribution in [0.4, 0.5) is 0 Å². The van der Waals surface area contributed by atoms with Crippen molar-refractivity contribution in [2.45, 2.75) is 65.0 Å². The standard InChI is InChI=1S/C24H31NO/c1-24(2,3)22-15-13-20(14-16-22)18-25(17-19-9-5-4-6-10-19)23(26)21-11-7-8-12-21/h4-6,9-10,13-16,21H,7-8,11-12,17-18H2,1-3H3. The Bertz CT molecular complexity index is 706. The largest absolute Gasteiger partial charge is 0.334 e. The Balaban J connectivity index is 1.77. The van der Waals surface area contributed by atoms with Crippen molar-refractivity contribution in [2.24, 2.45) is 5.92 Å². The molecule has 26 heavy (non-hydrogen) atoms. The first-order chi connectivity index (χ1) is 12.4. The summed E-state index contributed by atoms with van der Waals surface area (Å²) in [6, 6.07) is 19.1. The van der Waals surface area contributed by atoms with Gasteiger partial charge in [0.05, 0.1) is 0 Å². The minimum absolute atomic E-state index is 0.155. The number of nitrogens with zero attached hydrogens (tertiary/aromatic N) is 1. The fourth-order valence-electron chi connectivity index (χ4n) is 3.78. The van der Waals surface area contributed by atoms with Crippen LogP contribution in [0.1, 0.15) is 63.1 Å². The van der Waals surface area contributed by atoms with E-state index in [9.17, 15) is 4.79 Å². The summed E-state index contributed by atoms with van der Waals surface area (Å²) in [5.74, 6) is 0.541. The lowest BCUT2D eigenvalue weighted by molar-refractivity contribution is -0.136. The van der Waals surface area contributed by atoms with Gasteiger partial charge in [0.15, 0.2) is 0 Å². The number of carbonyl (C=O) groups excluding carboxylic acids is 1. The Morgan fingerprint density at radius 3 is 1.96 bits per heavy atom. The summed E-state index contributed by atoms with van der Waals surface area (Å²) in [6.07, 6.45) is 4.48. The van der Waals surface area contributed by atoms with Crippen LogP contribution in [-0.4, -0.2) is 10.8 Å². The predicted molar refractivity (Wildman–Crippen MR) is 108 cm³/mol. The number of carbonyl (C=O) groups is 1. The van der Waals surface area contributed by atoms with E-state index in [4.69, 9.17) is 0 Å². The predicted octanol–water partition coefficient (Wildman–Crippen LogP) is 5.70. The van der Waals surface area contributed by atoms with Gasteiger partial charge in [-0.15, -0.1) is 0 Å². The molecule has 0 radical (unpaired) electrons. The van der Waals surface area contributed by atoms with Gasteiger partial charge in [-0.2, -0.15) is 0 Å². The number of benzene rings is 2. The van der Waals surface area contributed by atoms with Gasteiger partial charge < -0.3 is 4.90 Å². The third-order valence-corrected chi connectivity index (χ3v) is 5.43. The fraction of sp³-hybridized carbons (Fsp3) is 0.458.